The molecule has 0 saturated heterocycles. The van der Waals surface area contributed by atoms with Crippen LogP contribution in [-0.2, 0) is 6.54 Å². The summed E-state index contributed by atoms with van der Waals surface area (Å²) in [6.07, 6.45) is 4.03. The quantitative estimate of drug-likeness (QED) is 0.734. The number of nitrogens with zero attached hydrogens (tertiary/aromatic N) is 1. The Kier molecular flexibility index (Phi) is 2.48. The van der Waals surface area contributed by atoms with E-state index in [1.54, 1.807) is 11.3 Å². The zero-order valence-corrected chi connectivity index (χ0v) is 8.62. The minimum atomic E-state index is 0.185. The summed E-state index contributed by atoms with van der Waals surface area (Å²) in [4.78, 5) is 6.41. The Bertz CT molecular complexity index is 380. The second-order valence-corrected chi connectivity index (χ2v) is 4.59. The molecule has 0 unspecified atom stereocenters. The minimum absolute atomic E-state index is 0.185. The molecule has 13 heavy (non-hydrogen) atoms. The molecule has 1 aromatic rings. The van der Waals surface area contributed by atoms with Crippen molar-refractivity contribution < 1.29 is 5.11 Å². The molecule has 0 fully saturated rings. The van der Waals surface area contributed by atoms with Crippen molar-refractivity contribution in [3.8, 4) is 0 Å². The van der Waals surface area contributed by atoms with Crippen LogP contribution in [0.15, 0.2) is 6.20 Å². The first kappa shape index (κ1) is 8.93. The van der Waals surface area contributed by atoms with Gasteiger partial charge in [0.15, 0.2) is 3.95 Å². The number of hydrogen-bond donors (Lipinski definition) is 2. The van der Waals surface area contributed by atoms with Gasteiger partial charge in [-0.15, -0.1) is 11.3 Å². The maximum Gasteiger partial charge on any atom is 0.159 e. The molecule has 1 aliphatic heterocycles. The molecular formula is C8H10N2OS2. The number of aliphatic hydroxyl groups excluding tert-OH is 1. The van der Waals surface area contributed by atoms with Crippen LogP contribution in [0.5, 0.6) is 0 Å². The summed E-state index contributed by atoms with van der Waals surface area (Å²) in [5.74, 6) is 0. The van der Waals surface area contributed by atoms with Gasteiger partial charge in [-0.05, 0) is 18.3 Å². The van der Waals surface area contributed by atoms with E-state index in [1.807, 2.05) is 12.3 Å². The van der Waals surface area contributed by atoms with Crippen LogP contribution in [0.1, 0.15) is 10.6 Å². The molecule has 70 valence electrons. The van der Waals surface area contributed by atoms with E-state index in [4.69, 9.17) is 17.3 Å². The average molecular weight is 214 g/mol. The van der Waals surface area contributed by atoms with Crippen LogP contribution >= 0.6 is 23.6 Å². The number of nitrogens with one attached hydrogen (secondary N) is 1. The van der Waals surface area contributed by atoms with E-state index < -0.39 is 0 Å². The van der Waals surface area contributed by atoms with Gasteiger partial charge in [0.25, 0.3) is 0 Å². The van der Waals surface area contributed by atoms with Gasteiger partial charge in [-0.2, -0.15) is 0 Å². The maximum atomic E-state index is 8.77. The van der Waals surface area contributed by atoms with E-state index in [-0.39, 0.29) is 6.61 Å². The van der Waals surface area contributed by atoms with Gasteiger partial charge in [-0.3, -0.25) is 0 Å². The Balaban J connectivity index is 2.22. The van der Waals surface area contributed by atoms with Crippen molar-refractivity contribution in [3.63, 3.8) is 0 Å². The third kappa shape index (κ3) is 1.82. The molecule has 5 heteroatoms. The fourth-order valence-electron chi connectivity index (χ4n) is 1.33. The molecule has 0 amide bonds. The van der Waals surface area contributed by atoms with E-state index >= 15 is 0 Å². The zero-order chi connectivity index (χ0) is 9.26. The van der Waals surface area contributed by atoms with Gasteiger partial charge >= 0.3 is 0 Å². The Morgan fingerprint density at radius 3 is 3.31 bits per heavy atom. The number of hydrogen-bond acceptors (Lipinski definition) is 4. The predicted octanol–water partition coefficient (Wildman–Crippen LogP) is 1.58. The molecule has 0 aromatic carbocycles. The highest BCUT2D eigenvalue weighted by Gasteiger charge is 2.11. The van der Waals surface area contributed by atoms with Crippen molar-refractivity contribution in [2.75, 3.05) is 13.2 Å². The smallest absolute Gasteiger partial charge is 0.159 e. The van der Waals surface area contributed by atoms with E-state index in [1.165, 1.54) is 4.88 Å². The van der Waals surface area contributed by atoms with Crippen LogP contribution in [0.3, 0.4) is 0 Å². The van der Waals surface area contributed by atoms with Crippen molar-refractivity contribution in [3.05, 3.63) is 20.7 Å². The van der Waals surface area contributed by atoms with Crippen LogP contribution in [0, 0.1) is 3.95 Å². The number of aromatic amines is 1. The Morgan fingerprint density at radius 1 is 1.69 bits per heavy atom. The lowest BCUT2D eigenvalue weighted by Gasteiger charge is -2.21. The van der Waals surface area contributed by atoms with Crippen molar-refractivity contribution in [2.24, 2.45) is 0 Å². The van der Waals surface area contributed by atoms with Crippen molar-refractivity contribution >= 4 is 29.6 Å². The molecule has 2 rings (SSSR count). The lowest BCUT2D eigenvalue weighted by molar-refractivity contribution is 0.231. The van der Waals surface area contributed by atoms with Gasteiger partial charge in [0.05, 0.1) is 23.7 Å². The highest BCUT2D eigenvalue weighted by molar-refractivity contribution is 7.73. The Morgan fingerprint density at radius 2 is 2.54 bits per heavy atom. The van der Waals surface area contributed by atoms with Gasteiger partial charge in [0, 0.05) is 12.7 Å². The first-order chi connectivity index (χ1) is 6.29. The normalized spacial score (nSPS) is 14.7. The number of aliphatic hydroxyl groups is 1. The molecule has 0 saturated carbocycles. The molecular weight excluding hydrogens is 204 g/mol. The summed E-state index contributed by atoms with van der Waals surface area (Å²) in [5, 5.41) is 8.77. The highest BCUT2D eigenvalue weighted by atomic mass is 32.1. The lowest BCUT2D eigenvalue weighted by atomic mass is 10.2. The van der Waals surface area contributed by atoms with Crippen LogP contribution in [0.25, 0.3) is 6.08 Å². The summed E-state index contributed by atoms with van der Waals surface area (Å²) >= 11 is 6.64. The van der Waals surface area contributed by atoms with Gasteiger partial charge in [0.1, 0.15) is 0 Å². The highest BCUT2D eigenvalue weighted by Crippen LogP contribution is 2.22. The second kappa shape index (κ2) is 3.61. The number of aromatic nitrogens is 1. The molecule has 0 aliphatic carbocycles. The fraction of sp³-hybridized carbons (Fsp3) is 0.375. The third-order valence-electron chi connectivity index (χ3n) is 1.94. The molecule has 0 bridgehead atoms. The largest absolute Gasteiger partial charge is 0.395 e. The Hall–Kier alpha value is -0.650. The number of rotatable bonds is 2. The predicted molar refractivity (Wildman–Crippen MR) is 56.0 cm³/mol. The van der Waals surface area contributed by atoms with Crippen molar-refractivity contribution in [1.29, 1.82) is 0 Å². The summed E-state index contributed by atoms with van der Waals surface area (Å²) in [7, 11) is 0. The number of fused-ring (bicyclic) bond motifs is 1. The van der Waals surface area contributed by atoms with Crippen LogP contribution in [0.4, 0.5) is 0 Å². The zero-order valence-electron chi connectivity index (χ0n) is 6.99. The average Bonchev–Trinajstić information content (AvgIpc) is 2.44. The number of β-amino-alcohol motifs (C(OH)–C–C–N with tert-alkyl or cyclic N) is 1. The van der Waals surface area contributed by atoms with Crippen LogP contribution in [0.2, 0.25) is 0 Å². The SMILES string of the molecule is OCCN1C=Cc2sc(=S)[nH]c2C1. The van der Waals surface area contributed by atoms with Gasteiger partial charge in [-0.1, -0.05) is 0 Å². The van der Waals surface area contributed by atoms with Crippen molar-refractivity contribution in [2.45, 2.75) is 6.54 Å². The molecule has 2 heterocycles. The first-order valence-corrected chi connectivity index (χ1v) is 5.27. The number of H-pyrrole nitrogens is 1. The summed E-state index contributed by atoms with van der Waals surface area (Å²) in [6.45, 7) is 1.68. The van der Waals surface area contributed by atoms with E-state index in [9.17, 15) is 0 Å². The fourth-order valence-corrected chi connectivity index (χ4v) is 2.47. The second-order valence-electron chi connectivity index (χ2n) is 2.87. The molecule has 0 atom stereocenters. The first-order valence-electron chi connectivity index (χ1n) is 4.04. The van der Waals surface area contributed by atoms with Gasteiger partial charge in [-0.25, -0.2) is 0 Å². The van der Waals surface area contributed by atoms with E-state index in [2.05, 4.69) is 9.88 Å². The van der Waals surface area contributed by atoms with E-state index in [0.29, 0.717) is 6.54 Å². The molecule has 2 N–H and O–H groups in total. The minimum Gasteiger partial charge on any atom is -0.395 e. The monoisotopic (exact) mass is 214 g/mol. The Labute approximate surface area is 85.3 Å². The van der Waals surface area contributed by atoms with Crippen LogP contribution < -0.4 is 0 Å². The van der Waals surface area contributed by atoms with Gasteiger partial charge < -0.3 is 15.0 Å². The molecule has 0 spiro atoms. The third-order valence-corrected chi connectivity index (χ3v) is 3.18. The van der Waals surface area contributed by atoms with Crippen molar-refractivity contribution in [1.82, 2.24) is 9.88 Å². The van der Waals surface area contributed by atoms with Gasteiger partial charge in [0.2, 0.25) is 0 Å². The summed E-state index contributed by atoms with van der Waals surface area (Å²) in [5.41, 5.74) is 1.16. The molecule has 3 nitrogen and oxygen atoms in total. The molecule has 0 radical (unpaired) electrons. The topological polar surface area (TPSA) is 39.3 Å². The molecule has 1 aromatic heterocycles. The lowest BCUT2D eigenvalue weighted by Crippen LogP contribution is -2.22. The van der Waals surface area contributed by atoms with Crippen LogP contribution in [-0.4, -0.2) is 28.1 Å². The summed E-state index contributed by atoms with van der Waals surface area (Å²) < 4.78 is 0.820. The molecule has 1 aliphatic rings. The maximum absolute atomic E-state index is 8.77. The summed E-state index contributed by atoms with van der Waals surface area (Å²) in [6, 6.07) is 0. The van der Waals surface area contributed by atoms with E-state index in [0.717, 1.165) is 16.2 Å². The number of thiazole rings is 1. The standard InChI is InChI=1S/C8H10N2OS2/c11-4-3-10-2-1-7-6(5-10)9-8(12)13-7/h1-2,11H,3-5H2,(H,9,12).